The molecule has 26 heavy (non-hydrogen) atoms. The first-order valence-electron chi connectivity index (χ1n) is 8.82. The summed E-state index contributed by atoms with van der Waals surface area (Å²) in [6.45, 7) is 5.59. The van der Waals surface area contributed by atoms with Gasteiger partial charge >= 0.3 is 0 Å². The van der Waals surface area contributed by atoms with E-state index in [1.165, 1.54) is 0 Å². The molecular weight excluding hydrogens is 371 g/mol. The van der Waals surface area contributed by atoms with E-state index < -0.39 is 0 Å². The van der Waals surface area contributed by atoms with Gasteiger partial charge in [-0.2, -0.15) is 0 Å². The van der Waals surface area contributed by atoms with Crippen molar-refractivity contribution in [3.05, 3.63) is 57.6 Å². The van der Waals surface area contributed by atoms with Crippen LogP contribution in [-0.2, 0) is 13.2 Å². The van der Waals surface area contributed by atoms with Gasteiger partial charge in [0.05, 0.1) is 6.61 Å². The summed E-state index contributed by atoms with van der Waals surface area (Å²) in [4.78, 5) is 0. The molecule has 0 saturated carbocycles. The summed E-state index contributed by atoms with van der Waals surface area (Å²) in [5.74, 6) is 1.41. The monoisotopic (exact) mass is 396 g/mol. The van der Waals surface area contributed by atoms with Gasteiger partial charge in [0.1, 0.15) is 6.61 Å². The summed E-state index contributed by atoms with van der Waals surface area (Å²) in [6.07, 6.45) is 1.09. The number of halogens is 2. The van der Waals surface area contributed by atoms with Crippen LogP contribution in [0.5, 0.6) is 11.5 Å². The predicted octanol–water partition coefficient (Wildman–Crippen LogP) is 4.67. The van der Waals surface area contributed by atoms with E-state index in [1.54, 1.807) is 12.1 Å². The third kappa shape index (κ3) is 6.36. The molecule has 4 nitrogen and oxygen atoms in total. The van der Waals surface area contributed by atoms with Gasteiger partial charge in [0, 0.05) is 22.2 Å². The molecule has 0 heterocycles. The van der Waals surface area contributed by atoms with Crippen LogP contribution in [0.15, 0.2) is 36.4 Å². The fourth-order valence-electron chi connectivity index (χ4n) is 2.49. The van der Waals surface area contributed by atoms with Gasteiger partial charge in [-0.05, 0) is 63.3 Å². The second kappa shape index (κ2) is 11.3. The Morgan fingerprint density at radius 2 is 1.73 bits per heavy atom. The van der Waals surface area contributed by atoms with Gasteiger partial charge in [-0.1, -0.05) is 35.3 Å². The summed E-state index contributed by atoms with van der Waals surface area (Å²) in [6, 6.07) is 11.4. The van der Waals surface area contributed by atoms with Crippen LogP contribution in [0.25, 0.3) is 0 Å². The van der Waals surface area contributed by atoms with E-state index in [-0.39, 0.29) is 0 Å². The van der Waals surface area contributed by atoms with Gasteiger partial charge < -0.3 is 20.1 Å². The molecule has 0 aliphatic heterocycles. The van der Waals surface area contributed by atoms with E-state index in [2.05, 4.69) is 10.6 Å². The SMILES string of the molecule is CCOc1cc(CNCCCNC)ccc1OCc1c(Cl)cccc1Cl. The quantitative estimate of drug-likeness (QED) is 0.541. The van der Waals surface area contributed by atoms with Crippen molar-refractivity contribution in [2.24, 2.45) is 0 Å². The zero-order chi connectivity index (χ0) is 18.8. The molecule has 0 spiro atoms. The van der Waals surface area contributed by atoms with Crippen molar-refractivity contribution in [1.82, 2.24) is 10.6 Å². The lowest BCUT2D eigenvalue weighted by molar-refractivity contribution is 0.269. The van der Waals surface area contributed by atoms with Crippen molar-refractivity contribution in [3.63, 3.8) is 0 Å². The maximum absolute atomic E-state index is 6.21. The van der Waals surface area contributed by atoms with Gasteiger partial charge in [-0.15, -0.1) is 0 Å². The molecule has 6 heteroatoms. The van der Waals surface area contributed by atoms with Crippen molar-refractivity contribution >= 4 is 23.2 Å². The molecule has 2 N–H and O–H groups in total. The number of rotatable bonds is 11. The van der Waals surface area contributed by atoms with Gasteiger partial charge in [-0.3, -0.25) is 0 Å². The molecule has 2 rings (SSSR count). The summed E-state index contributed by atoms with van der Waals surface area (Å²) in [5.41, 5.74) is 1.93. The van der Waals surface area contributed by atoms with Crippen molar-refractivity contribution in [2.45, 2.75) is 26.5 Å². The number of hydrogen-bond acceptors (Lipinski definition) is 4. The van der Waals surface area contributed by atoms with Gasteiger partial charge in [-0.25, -0.2) is 0 Å². The Kier molecular flexibility index (Phi) is 9.06. The molecule has 0 aliphatic rings. The average Bonchev–Trinajstić information content (AvgIpc) is 2.63. The van der Waals surface area contributed by atoms with E-state index in [0.717, 1.165) is 42.9 Å². The summed E-state index contributed by atoms with van der Waals surface area (Å²) in [7, 11) is 1.96. The molecule has 0 atom stereocenters. The Labute approximate surface area is 165 Å². The molecule has 0 amide bonds. The van der Waals surface area contributed by atoms with Crippen LogP contribution in [-0.4, -0.2) is 26.7 Å². The van der Waals surface area contributed by atoms with Gasteiger partial charge in [0.25, 0.3) is 0 Å². The van der Waals surface area contributed by atoms with Crippen LogP contribution >= 0.6 is 23.2 Å². The Bertz CT molecular complexity index is 675. The molecule has 0 unspecified atom stereocenters. The lowest BCUT2D eigenvalue weighted by Gasteiger charge is -2.15. The Balaban J connectivity index is 2.01. The largest absolute Gasteiger partial charge is 0.490 e. The third-order valence-electron chi connectivity index (χ3n) is 3.85. The predicted molar refractivity (Wildman–Crippen MR) is 109 cm³/mol. The Morgan fingerprint density at radius 1 is 0.962 bits per heavy atom. The van der Waals surface area contributed by atoms with E-state index in [4.69, 9.17) is 32.7 Å². The second-order valence-corrected chi connectivity index (χ2v) is 6.65. The Hall–Kier alpha value is -1.46. The van der Waals surface area contributed by atoms with E-state index in [1.807, 2.05) is 38.2 Å². The fraction of sp³-hybridized carbons (Fsp3) is 0.400. The lowest BCUT2D eigenvalue weighted by Crippen LogP contribution is -2.19. The second-order valence-electron chi connectivity index (χ2n) is 5.84. The Morgan fingerprint density at radius 3 is 2.42 bits per heavy atom. The highest BCUT2D eigenvalue weighted by Gasteiger charge is 2.10. The van der Waals surface area contributed by atoms with Crippen LogP contribution in [0.3, 0.4) is 0 Å². The number of ether oxygens (including phenoxy) is 2. The van der Waals surface area contributed by atoms with Crippen molar-refractivity contribution in [3.8, 4) is 11.5 Å². The highest BCUT2D eigenvalue weighted by molar-refractivity contribution is 6.35. The van der Waals surface area contributed by atoms with E-state index >= 15 is 0 Å². The molecule has 2 aromatic carbocycles. The van der Waals surface area contributed by atoms with Crippen LogP contribution in [0.4, 0.5) is 0 Å². The van der Waals surface area contributed by atoms with Crippen molar-refractivity contribution in [1.29, 1.82) is 0 Å². The van der Waals surface area contributed by atoms with Crippen molar-refractivity contribution in [2.75, 3.05) is 26.7 Å². The summed E-state index contributed by atoms with van der Waals surface area (Å²) >= 11 is 12.4. The standard InChI is InChI=1S/C20H26Cl2N2O2/c1-3-25-20-12-15(13-24-11-5-10-23-2)8-9-19(20)26-14-16-17(21)6-4-7-18(16)22/h4,6-9,12,23-24H,3,5,10-11,13-14H2,1-2H3. The number of hydrogen-bond donors (Lipinski definition) is 2. The zero-order valence-electron chi connectivity index (χ0n) is 15.3. The van der Waals surface area contributed by atoms with Crippen LogP contribution in [0, 0.1) is 0 Å². The first kappa shape index (κ1) is 20.8. The minimum absolute atomic E-state index is 0.292. The smallest absolute Gasteiger partial charge is 0.161 e. The highest BCUT2D eigenvalue weighted by atomic mass is 35.5. The number of benzene rings is 2. The first-order chi connectivity index (χ1) is 12.7. The minimum atomic E-state index is 0.292. The zero-order valence-corrected chi connectivity index (χ0v) is 16.8. The fourth-order valence-corrected chi connectivity index (χ4v) is 3.00. The van der Waals surface area contributed by atoms with Crippen molar-refractivity contribution < 1.29 is 9.47 Å². The van der Waals surface area contributed by atoms with Crippen LogP contribution < -0.4 is 20.1 Å². The molecule has 0 radical (unpaired) electrons. The van der Waals surface area contributed by atoms with Crippen LogP contribution in [0.1, 0.15) is 24.5 Å². The first-order valence-corrected chi connectivity index (χ1v) is 9.58. The lowest BCUT2D eigenvalue weighted by atomic mass is 10.2. The molecule has 0 saturated heterocycles. The van der Waals surface area contributed by atoms with E-state index in [0.29, 0.717) is 29.0 Å². The molecule has 0 bridgehead atoms. The summed E-state index contributed by atoms with van der Waals surface area (Å²) < 4.78 is 11.7. The third-order valence-corrected chi connectivity index (χ3v) is 4.56. The van der Waals surface area contributed by atoms with E-state index in [9.17, 15) is 0 Å². The maximum Gasteiger partial charge on any atom is 0.161 e. The normalized spacial score (nSPS) is 10.8. The molecule has 2 aromatic rings. The molecule has 0 fully saturated rings. The minimum Gasteiger partial charge on any atom is -0.490 e. The molecule has 142 valence electrons. The topological polar surface area (TPSA) is 42.5 Å². The summed E-state index contributed by atoms with van der Waals surface area (Å²) in [5, 5.41) is 7.76. The molecular formula is C20H26Cl2N2O2. The van der Waals surface area contributed by atoms with Gasteiger partial charge in [0.15, 0.2) is 11.5 Å². The van der Waals surface area contributed by atoms with Gasteiger partial charge in [0.2, 0.25) is 0 Å². The van der Waals surface area contributed by atoms with Crippen LogP contribution in [0.2, 0.25) is 10.0 Å². The number of nitrogens with one attached hydrogen (secondary N) is 2. The maximum atomic E-state index is 6.21. The molecule has 0 aliphatic carbocycles. The highest BCUT2D eigenvalue weighted by Crippen LogP contribution is 2.31. The molecule has 0 aromatic heterocycles. The average molecular weight is 397 g/mol.